The zero-order valence-corrected chi connectivity index (χ0v) is 13.2. The van der Waals surface area contributed by atoms with Gasteiger partial charge in [0.1, 0.15) is 17.9 Å². The molecular weight excluding hydrogens is 264 g/mol. The van der Waals surface area contributed by atoms with Gasteiger partial charge in [-0.15, -0.1) is 0 Å². The van der Waals surface area contributed by atoms with E-state index < -0.39 is 0 Å². The number of benzene rings is 1. The van der Waals surface area contributed by atoms with E-state index in [9.17, 15) is 4.79 Å². The van der Waals surface area contributed by atoms with Gasteiger partial charge in [-0.05, 0) is 18.1 Å². The minimum Gasteiger partial charge on any atom is -0.397 e. The number of hydrogen-bond acceptors (Lipinski definition) is 3. The number of nitrogen functional groups attached to an aromatic ring is 1. The first kappa shape index (κ1) is 15.4. The Labute approximate surface area is 125 Å². The molecule has 1 heterocycles. The Balaban J connectivity index is 2.35. The summed E-state index contributed by atoms with van der Waals surface area (Å²) in [7, 11) is 0. The molecule has 0 unspecified atom stereocenters. The van der Waals surface area contributed by atoms with Gasteiger partial charge in [-0.25, -0.2) is 4.98 Å². The molecule has 5 nitrogen and oxygen atoms in total. The van der Waals surface area contributed by atoms with Crippen molar-refractivity contribution >= 4 is 22.6 Å². The number of hydrogen-bond donors (Lipinski definition) is 2. The zero-order chi connectivity index (χ0) is 15.6. The lowest BCUT2D eigenvalue weighted by Crippen LogP contribution is -2.31. The number of nitrogens with two attached hydrogens (primary N) is 1. The van der Waals surface area contributed by atoms with Crippen LogP contribution in [-0.2, 0) is 11.3 Å². The van der Waals surface area contributed by atoms with Crippen LogP contribution in [0.4, 0.5) is 5.69 Å². The summed E-state index contributed by atoms with van der Waals surface area (Å²) in [5, 5.41) is 2.95. The Kier molecular flexibility index (Phi) is 4.50. The van der Waals surface area contributed by atoms with Crippen molar-refractivity contribution in [1.82, 2.24) is 14.9 Å². The van der Waals surface area contributed by atoms with E-state index in [-0.39, 0.29) is 18.4 Å². The van der Waals surface area contributed by atoms with Gasteiger partial charge in [-0.2, -0.15) is 0 Å². The topological polar surface area (TPSA) is 72.9 Å². The van der Waals surface area contributed by atoms with Gasteiger partial charge in [0.05, 0.1) is 11.2 Å². The average Bonchev–Trinajstić information content (AvgIpc) is 2.77. The third kappa shape index (κ3) is 3.35. The molecule has 3 N–H and O–H groups in total. The lowest BCUT2D eigenvalue weighted by molar-refractivity contribution is -0.121. The minimum atomic E-state index is 0.00678. The van der Waals surface area contributed by atoms with E-state index in [4.69, 9.17) is 5.73 Å². The number of aromatic nitrogens is 2. The van der Waals surface area contributed by atoms with E-state index in [1.54, 1.807) is 0 Å². The first-order valence-electron chi connectivity index (χ1n) is 7.41. The van der Waals surface area contributed by atoms with Crippen LogP contribution in [0.15, 0.2) is 18.2 Å². The first-order chi connectivity index (χ1) is 9.90. The predicted molar refractivity (Wildman–Crippen MR) is 86.1 cm³/mol. The van der Waals surface area contributed by atoms with Crippen molar-refractivity contribution in [3.05, 3.63) is 24.0 Å². The van der Waals surface area contributed by atoms with Crippen molar-refractivity contribution in [3.8, 4) is 0 Å². The van der Waals surface area contributed by atoms with Gasteiger partial charge in [0.2, 0.25) is 5.91 Å². The van der Waals surface area contributed by atoms with Crippen LogP contribution in [-0.4, -0.2) is 22.0 Å². The second-order valence-electron chi connectivity index (χ2n) is 6.12. The molecule has 5 heteroatoms. The van der Waals surface area contributed by atoms with E-state index >= 15 is 0 Å². The maximum atomic E-state index is 12.1. The molecule has 0 atom stereocenters. The first-order valence-corrected chi connectivity index (χ1v) is 7.41. The van der Waals surface area contributed by atoms with Crippen LogP contribution in [0.5, 0.6) is 0 Å². The highest BCUT2D eigenvalue weighted by Crippen LogP contribution is 2.25. The number of amides is 1. The fourth-order valence-corrected chi connectivity index (χ4v) is 2.31. The van der Waals surface area contributed by atoms with Gasteiger partial charge >= 0.3 is 0 Å². The number of fused-ring (bicyclic) bond motifs is 1. The monoisotopic (exact) mass is 288 g/mol. The molecule has 0 radical (unpaired) electrons. The second-order valence-corrected chi connectivity index (χ2v) is 6.12. The minimum absolute atomic E-state index is 0.00678. The molecule has 0 saturated heterocycles. The quantitative estimate of drug-likeness (QED) is 0.830. The molecule has 0 aliphatic carbocycles. The van der Waals surface area contributed by atoms with Crippen LogP contribution in [0.3, 0.4) is 0 Å². The summed E-state index contributed by atoms with van der Waals surface area (Å²) in [5.74, 6) is 1.57. The van der Waals surface area contributed by atoms with Gasteiger partial charge in [0.15, 0.2) is 0 Å². The van der Waals surface area contributed by atoms with Crippen LogP contribution in [0, 0.1) is 5.92 Å². The molecule has 0 spiro atoms. The highest BCUT2D eigenvalue weighted by Gasteiger charge is 2.17. The van der Waals surface area contributed by atoms with Crippen molar-refractivity contribution in [2.75, 3.05) is 12.3 Å². The number of rotatable bonds is 5. The number of nitrogens with one attached hydrogen (secondary N) is 1. The van der Waals surface area contributed by atoms with Gasteiger partial charge in [0, 0.05) is 12.5 Å². The SMILES string of the molecule is CC(C)CNC(=O)Cn1c(C(C)C)nc2c(N)cccc21. The number of imidazole rings is 1. The summed E-state index contributed by atoms with van der Waals surface area (Å²) in [6.07, 6.45) is 0. The Morgan fingerprint density at radius 1 is 1.33 bits per heavy atom. The molecule has 1 aromatic heterocycles. The molecular formula is C16H24N4O. The summed E-state index contributed by atoms with van der Waals surface area (Å²) in [5.41, 5.74) is 8.33. The third-order valence-electron chi connectivity index (χ3n) is 3.37. The van der Waals surface area contributed by atoms with Crippen LogP contribution < -0.4 is 11.1 Å². The number of para-hydroxylation sites is 1. The summed E-state index contributed by atoms with van der Waals surface area (Å²) < 4.78 is 1.96. The summed E-state index contributed by atoms with van der Waals surface area (Å²) in [4.78, 5) is 16.7. The largest absolute Gasteiger partial charge is 0.397 e. The fourth-order valence-electron chi connectivity index (χ4n) is 2.31. The van der Waals surface area contributed by atoms with Crippen molar-refractivity contribution < 1.29 is 4.79 Å². The molecule has 0 aliphatic heterocycles. The Morgan fingerprint density at radius 3 is 2.67 bits per heavy atom. The Bertz CT molecular complexity index is 643. The molecule has 2 aromatic rings. The molecule has 0 bridgehead atoms. The van der Waals surface area contributed by atoms with E-state index in [2.05, 4.69) is 38.0 Å². The number of carbonyl (C=O) groups is 1. The Morgan fingerprint density at radius 2 is 2.05 bits per heavy atom. The van der Waals surface area contributed by atoms with Crippen molar-refractivity contribution in [3.63, 3.8) is 0 Å². The smallest absolute Gasteiger partial charge is 0.240 e. The zero-order valence-electron chi connectivity index (χ0n) is 13.2. The highest BCUT2D eigenvalue weighted by atomic mass is 16.1. The lowest BCUT2D eigenvalue weighted by Gasteiger charge is -2.12. The Hall–Kier alpha value is -2.04. The van der Waals surface area contributed by atoms with Crippen LogP contribution in [0.1, 0.15) is 39.4 Å². The van der Waals surface area contributed by atoms with E-state index in [1.165, 1.54) is 0 Å². The molecule has 0 saturated carbocycles. The van der Waals surface area contributed by atoms with E-state index in [0.717, 1.165) is 16.9 Å². The van der Waals surface area contributed by atoms with E-state index in [0.29, 0.717) is 18.2 Å². The van der Waals surface area contributed by atoms with Crippen LogP contribution in [0.2, 0.25) is 0 Å². The molecule has 114 valence electrons. The molecule has 1 aromatic carbocycles. The van der Waals surface area contributed by atoms with Crippen LogP contribution >= 0.6 is 0 Å². The van der Waals surface area contributed by atoms with Crippen molar-refractivity contribution in [1.29, 1.82) is 0 Å². The van der Waals surface area contributed by atoms with Gasteiger partial charge < -0.3 is 15.6 Å². The molecule has 1 amide bonds. The van der Waals surface area contributed by atoms with Gasteiger partial charge in [-0.3, -0.25) is 4.79 Å². The number of carbonyl (C=O) groups excluding carboxylic acids is 1. The highest BCUT2D eigenvalue weighted by molar-refractivity contribution is 5.89. The van der Waals surface area contributed by atoms with E-state index in [1.807, 2.05) is 22.8 Å². The second kappa shape index (κ2) is 6.16. The number of nitrogens with zero attached hydrogens (tertiary/aromatic N) is 2. The molecule has 2 rings (SSSR count). The van der Waals surface area contributed by atoms with Gasteiger partial charge in [-0.1, -0.05) is 33.8 Å². The van der Waals surface area contributed by atoms with Crippen LogP contribution in [0.25, 0.3) is 11.0 Å². The maximum absolute atomic E-state index is 12.1. The normalized spacial score (nSPS) is 11.5. The molecule has 0 aliphatic rings. The predicted octanol–water partition coefficient (Wildman–Crippen LogP) is 2.51. The molecule has 21 heavy (non-hydrogen) atoms. The van der Waals surface area contributed by atoms with Gasteiger partial charge in [0.25, 0.3) is 0 Å². The van der Waals surface area contributed by atoms with Crippen molar-refractivity contribution in [2.24, 2.45) is 5.92 Å². The lowest BCUT2D eigenvalue weighted by atomic mass is 10.2. The summed E-state index contributed by atoms with van der Waals surface area (Å²) in [6, 6.07) is 5.69. The average molecular weight is 288 g/mol. The molecule has 0 fully saturated rings. The summed E-state index contributed by atoms with van der Waals surface area (Å²) in [6.45, 7) is 9.25. The van der Waals surface area contributed by atoms with Crippen molar-refractivity contribution in [2.45, 2.75) is 40.2 Å². The number of anilines is 1. The maximum Gasteiger partial charge on any atom is 0.240 e. The standard InChI is InChI=1S/C16H24N4O/c1-10(2)8-18-14(21)9-20-13-7-5-6-12(17)15(13)19-16(20)11(3)4/h5-7,10-11H,8-9,17H2,1-4H3,(H,18,21). The third-order valence-corrected chi connectivity index (χ3v) is 3.37. The summed E-state index contributed by atoms with van der Waals surface area (Å²) >= 11 is 0. The fraction of sp³-hybridized carbons (Fsp3) is 0.500.